The Bertz CT molecular complexity index is 1020. The predicted octanol–water partition coefficient (Wildman–Crippen LogP) is 2.95. The summed E-state index contributed by atoms with van der Waals surface area (Å²) in [6.45, 7) is 2.45. The van der Waals surface area contributed by atoms with Gasteiger partial charge in [-0.3, -0.25) is 14.4 Å². The number of cyclic esters (lactones) is 1. The van der Waals surface area contributed by atoms with Gasteiger partial charge in [-0.15, -0.1) is 0 Å². The smallest absolute Gasteiger partial charge is 0.435 e. The van der Waals surface area contributed by atoms with Crippen LogP contribution in [0.2, 0.25) is 0 Å². The van der Waals surface area contributed by atoms with Gasteiger partial charge in [0.1, 0.15) is 11.9 Å². The summed E-state index contributed by atoms with van der Waals surface area (Å²) in [6, 6.07) is 4.95. The molecule has 0 spiro atoms. The first kappa shape index (κ1) is 21.9. The number of nitrogens with one attached hydrogen (secondary N) is 1. The number of nitrogens with zero attached hydrogens (tertiary/aromatic N) is 4. The summed E-state index contributed by atoms with van der Waals surface area (Å²) in [5, 5.41) is 6.18. The third kappa shape index (κ3) is 4.48. The van der Waals surface area contributed by atoms with Crippen molar-refractivity contribution in [2.45, 2.75) is 31.7 Å². The van der Waals surface area contributed by atoms with Crippen molar-refractivity contribution >= 4 is 23.4 Å². The van der Waals surface area contributed by atoms with Crippen molar-refractivity contribution in [3.05, 3.63) is 42.0 Å². The van der Waals surface area contributed by atoms with Crippen LogP contribution in [0.25, 0.3) is 0 Å². The Morgan fingerprint density at radius 2 is 2.06 bits per heavy atom. The van der Waals surface area contributed by atoms with E-state index in [9.17, 15) is 27.2 Å². The van der Waals surface area contributed by atoms with Crippen molar-refractivity contribution in [1.82, 2.24) is 15.1 Å². The number of amides is 2. The van der Waals surface area contributed by atoms with Gasteiger partial charge in [0.15, 0.2) is 5.69 Å². The molecule has 32 heavy (non-hydrogen) atoms. The van der Waals surface area contributed by atoms with Crippen molar-refractivity contribution in [2.24, 2.45) is 0 Å². The molecule has 2 aromatic rings. The lowest BCUT2D eigenvalue weighted by Gasteiger charge is -2.21. The van der Waals surface area contributed by atoms with Crippen LogP contribution in [0.15, 0.2) is 30.5 Å². The highest BCUT2D eigenvalue weighted by atomic mass is 19.4. The van der Waals surface area contributed by atoms with Gasteiger partial charge in [0.2, 0.25) is 5.91 Å². The number of alkyl halides is 3. The summed E-state index contributed by atoms with van der Waals surface area (Å²) in [6.07, 6.45) is -3.88. The van der Waals surface area contributed by atoms with E-state index in [1.54, 1.807) is 11.0 Å². The second kappa shape index (κ2) is 8.32. The molecule has 1 aromatic carbocycles. The maximum Gasteiger partial charge on any atom is 0.435 e. The SMILES string of the molecule is CC(=O)NC[C@H]1CN(c2ccc(N3CCC(n4ccc(C(F)(F)F)n4)C3)c(F)c2)C(=O)O1. The number of benzene rings is 1. The molecule has 0 radical (unpaired) electrons. The number of carbonyl (C=O) groups excluding carboxylic acids is 2. The van der Waals surface area contributed by atoms with Crippen LogP contribution in [0.3, 0.4) is 0 Å². The van der Waals surface area contributed by atoms with Crippen LogP contribution in [0.4, 0.5) is 33.7 Å². The Kier molecular flexibility index (Phi) is 5.70. The number of anilines is 2. The maximum absolute atomic E-state index is 14.9. The predicted molar refractivity (Wildman–Crippen MR) is 106 cm³/mol. The van der Waals surface area contributed by atoms with E-state index in [0.29, 0.717) is 30.9 Å². The highest BCUT2D eigenvalue weighted by Gasteiger charge is 2.36. The first-order valence-electron chi connectivity index (χ1n) is 10.0. The van der Waals surface area contributed by atoms with Crippen LogP contribution >= 0.6 is 0 Å². The van der Waals surface area contributed by atoms with E-state index in [0.717, 1.165) is 6.07 Å². The van der Waals surface area contributed by atoms with Crippen LogP contribution in [0.5, 0.6) is 0 Å². The van der Waals surface area contributed by atoms with Gasteiger partial charge in [0.25, 0.3) is 0 Å². The van der Waals surface area contributed by atoms with Crippen LogP contribution in [0, 0.1) is 5.82 Å². The summed E-state index contributed by atoms with van der Waals surface area (Å²) in [5.41, 5.74) is -0.346. The third-order valence-electron chi connectivity index (χ3n) is 5.47. The maximum atomic E-state index is 14.9. The first-order chi connectivity index (χ1) is 15.1. The van der Waals surface area contributed by atoms with E-state index in [2.05, 4.69) is 10.4 Å². The number of carbonyl (C=O) groups is 2. The zero-order chi connectivity index (χ0) is 23.0. The lowest BCUT2D eigenvalue weighted by molar-refractivity contribution is -0.141. The van der Waals surface area contributed by atoms with Gasteiger partial charge in [0.05, 0.1) is 30.5 Å². The molecule has 4 rings (SSSR count). The standard InChI is InChI=1S/C20H21F4N5O3/c1-12(30)25-9-15-11-28(19(31)32-15)13-2-3-17(16(21)8-13)27-6-4-14(10-27)29-7-5-18(26-29)20(22,23)24/h2-3,5,7-8,14-15H,4,6,9-11H2,1H3,(H,25,30)/t14?,15-/m0/s1. The minimum Gasteiger partial charge on any atom is -0.442 e. The molecule has 12 heteroatoms. The molecule has 1 N–H and O–H groups in total. The molecule has 2 aliphatic rings. The van der Waals surface area contributed by atoms with Crippen LogP contribution in [0.1, 0.15) is 25.1 Å². The fraction of sp³-hybridized carbons (Fsp3) is 0.450. The van der Waals surface area contributed by atoms with Crippen molar-refractivity contribution in [1.29, 1.82) is 0 Å². The van der Waals surface area contributed by atoms with Gasteiger partial charge >= 0.3 is 12.3 Å². The van der Waals surface area contributed by atoms with Crippen LogP contribution in [-0.2, 0) is 15.7 Å². The Balaban J connectivity index is 1.42. The van der Waals surface area contributed by atoms with E-state index < -0.39 is 29.9 Å². The fourth-order valence-electron chi connectivity index (χ4n) is 3.89. The Labute approximate surface area is 180 Å². The van der Waals surface area contributed by atoms with Crippen molar-refractivity contribution in [3.63, 3.8) is 0 Å². The summed E-state index contributed by atoms with van der Waals surface area (Å²) < 4.78 is 59.7. The summed E-state index contributed by atoms with van der Waals surface area (Å²) >= 11 is 0. The minimum absolute atomic E-state index is 0.163. The molecule has 1 aromatic heterocycles. The molecule has 8 nitrogen and oxygen atoms in total. The summed E-state index contributed by atoms with van der Waals surface area (Å²) in [5.74, 6) is -0.804. The fourth-order valence-corrected chi connectivity index (χ4v) is 3.89. The topological polar surface area (TPSA) is 79.7 Å². The molecule has 3 heterocycles. The van der Waals surface area contributed by atoms with E-state index in [-0.39, 0.29) is 25.0 Å². The quantitative estimate of drug-likeness (QED) is 0.702. The van der Waals surface area contributed by atoms with Gasteiger partial charge < -0.3 is 15.0 Å². The first-order valence-corrected chi connectivity index (χ1v) is 10.0. The number of hydrogen-bond acceptors (Lipinski definition) is 5. The van der Waals surface area contributed by atoms with Crippen molar-refractivity contribution < 1.29 is 31.9 Å². The molecule has 172 valence electrons. The molecule has 2 fully saturated rings. The largest absolute Gasteiger partial charge is 0.442 e. The molecular weight excluding hydrogens is 434 g/mol. The van der Waals surface area contributed by atoms with Crippen LogP contribution in [-0.4, -0.2) is 54.1 Å². The molecule has 2 aliphatic heterocycles. The average Bonchev–Trinajstić information content (AvgIpc) is 3.45. The zero-order valence-corrected chi connectivity index (χ0v) is 17.1. The van der Waals surface area contributed by atoms with Gasteiger partial charge in [-0.1, -0.05) is 0 Å². The average molecular weight is 455 g/mol. The number of aromatic nitrogens is 2. The monoisotopic (exact) mass is 455 g/mol. The lowest BCUT2D eigenvalue weighted by atomic mass is 10.2. The van der Waals surface area contributed by atoms with Gasteiger partial charge in [0, 0.05) is 26.2 Å². The number of hydrogen-bond donors (Lipinski definition) is 1. The second-order valence-electron chi connectivity index (χ2n) is 7.76. The zero-order valence-electron chi connectivity index (χ0n) is 17.1. The summed E-state index contributed by atoms with van der Waals surface area (Å²) in [7, 11) is 0. The van der Waals surface area contributed by atoms with E-state index >= 15 is 0 Å². The molecule has 0 bridgehead atoms. The van der Waals surface area contributed by atoms with Crippen molar-refractivity contribution in [2.75, 3.05) is 36.0 Å². The Morgan fingerprint density at radius 3 is 2.72 bits per heavy atom. The summed E-state index contributed by atoms with van der Waals surface area (Å²) in [4.78, 5) is 26.2. The lowest BCUT2D eigenvalue weighted by Crippen LogP contribution is -2.33. The highest BCUT2D eigenvalue weighted by Crippen LogP contribution is 2.33. The third-order valence-corrected chi connectivity index (χ3v) is 5.47. The molecule has 0 saturated carbocycles. The molecule has 0 aliphatic carbocycles. The second-order valence-corrected chi connectivity index (χ2v) is 7.76. The van der Waals surface area contributed by atoms with E-state index in [4.69, 9.17) is 4.74 Å². The highest BCUT2D eigenvalue weighted by molar-refractivity contribution is 5.90. The molecule has 1 unspecified atom stereocenters. The van der Waals surface area contributed by atoms with Crippen LogP contribution < -0.4 is 15.1 Å². The molecule has 2 saturated heterocycles. The Hall–Kier alpha value is -3.31. The normalized spacial score (nSPS) is 21.2. The molecule has 2 amide bonds. The Morgan fingerprint density at radius 1 is 1.28 bits per heavy atom. The van der Waals surface area contributed by atoms with Crippen molar-refractivity contribution in [3.8, 4) is 0 Å². The molecular formula is C20H21F4N5O3. The molecule has 2 atom stereocenters. The van der Waals surface area contributed by atoms with Gasteiger partial charge in [-0.05, 0) is 30.7 Å². The van der Waals surface area contributed by atoms with E-state index in [1.807, 2.05) is 0 Å². The number of ether oxygens (including phenoxy) is 1. The van der Waals surface area contributed by atoms with Gasteiger partial charge in [-0.25, -0.2) is 9.18 Å². The van der Waals surface area contributed by atoms with E-state index in [1.165, 1.54) is 34.8 Å². The number of halogens is 4. The van der Waals surface area contributed by atoms with Gasteiger partial charge in [-0.2, -0.15) is 18.3 Å². The minimum atomic E-state index is -4.51. The number of rotatable bonds is 5.